The van der Waals surface area contributed by atoms with Gasteiger partial charge in [0.05, 0.1) is 23.8 Å². The van der Waals surface area contributed by atoms with E-state index in [4.69, 9.17) is 26.8 Å². The molecule has 4 rings (SSSR count). The highest BCUT2D eigenvalue weighted by Gasteiger charge is 2.07. The molecule has 0 aliphatic heterocycles. The number of hydrogen-bond acceptors (Lipinski definition) is 5. The number of anilines is 2. The van der Waals surface area contributed by atoms with Crippen LogP contribution >= 0.6 is 11.6 Å². The lowest BCUT2D eigenvalue weighted by molar-refractivity contribution is 0.417. The van der Waals surface area contributed by atoms with E-state index in [2.05, 4.69) is 15.3 Å². The zero-order valence-electron chi connectivity index (χ0n) is 15.2. The molecule has 6 nitrogen and oxygen atoms in total. The summed E-state index contributed by atoms with van der Waals surface area (Å²) in [6, 6.07) is 18.7. The summed E-state index contributed by atoms with van der Waals surface area (Å²) in [5.41, 5.74) is 9.23. The predicted octanol–water partition coefficient (Wildman–Crippen LogP) is 5.21. The fourth-order valence-electron chi connectivity index (χ4n) is 2.81. The Hall–Kier alpha value is -3.38. The Morgan fingerprint density at radius 3 is 2.39 bits per heavy atom. The molecule has 1 heterocycles. The Morgan fingerprint density at radius 1 is 1.04 bits per heavy atom. The fourth-order valence-corrected chi connectivity index (χ4v) is 2.94. The molecule has 4 aromatic rings. The van der Waals surface area contributed by atoms with Crippen molar-refractivity contribution in [3.05, 3.63) is 71.2 Å². The van der Waals surface area contributed by atoms with E-state index in [9.17, 15) is 0 Å². The number of fused-ring (bicyclic) bond motifs is 1. The van der Waals surface area contributed by atoms with Crippen LogP contribution in [0.2, 0.25) is 5.02 Å². The maximum Gasteiger partial charge on any atom is 0.201 e. The Balaban J connectivity index is 1.40. The Bertz CT molecular complexity index is 1090. The molecule has 3 aromatic carbocycles. The van der Waals surface area contributed by atoms with Gasteiger partial charge in [-0.15, -0.1) is 0 Å². The summed E-state index contributed by atoms with van der Waals surface area (Å²) in [5.74, 6) is 2.80. The molecule has 0 saturated carbocycles. The van der Waals surface area contributed by atoms with Gasteiger partial charge >= 0.3 is 0 Å². The quantitative estimate of drug-likeness (QED) is 0.391. The van der Waals surface area contributed by atoms with Gasteiger partial charge < -0.3 is 25.5 Å². The zero-order chi connectivity index (χ0) is 19.5. The molecule has 0 atom stereocenters. The first-order valence-corrected chi connectivity index (χ1v) is 9.08. The summed E-state index contributed by atoms with van der Waals surface area (Å²) in [6.45, 7) is 0.619. The van der Waals surface area contributed by atoms with Gasteiger partial charge in [-0.1, -0.05) is 23.7 Å². The number of halogens is 1. The number of aromatic nitrogens is 2. The van der Waals surface area contributed by atoms with E-state index in [1.165, 1.54) is 0 Å². The van der Waals surface area contributed by atoms with Gasteiger partial charge in [-0.05, 0) is 48.0 Å². The van der Waals surface area contributed by atoms with Crippen molar-refractivity contribution in [2.45, 2.75) is 6.54 Å². The van der Waals surface area contributed by atoms with Crippen LogP contribution in [0.15, 0.2) is 60.7 Å². The first kappa shape index (κ1) is 18.0. The smallest absolute Gasteiger partial charge is 0.201 e. The SMILES string of the molecule is COc1cc2[nH]c(NCc3ccc(Oc4ccc(Cl)cc4)cc3)nc2cc1N. The number of imidazole rings is 1. The van der Waals surface area contributed by atoms with Crippen LogP contribution in [-0.4, -0.2) is 17.1 Å². The molecule has 4 N–H and O–H groups in total. The first-order valence-electron chi connectivity index (χ1n) is 8.70. The van der Waals surface area contributed by atoms with E-state index < -0.39 is 0 Å². The molecule has 0 amide bonds. The van der Waals surface area contributed by atoms with E-state index in [1.54, 1.807) is 25.3 Å². The highest BCUT2D eigenvalue weighted by atomic mass is 35.5. The average Bonchev–Trinajstić information content (AvgIpc) is 3.10. The molecule has 0 aliphatic carbocycles. The third-order valence-electron chi connectivity index (χ3n) is 4.27. The topological polar surface area (TPSA) is 85.2 Å². The molecule has 1 aromatic heterocycles. The number of benzene rings is 3. The zero-order valence-corrected chi connectivity index (χ0v) is 16.0. The molecule has 0 saturated heterocycles. The highest BCUT2D eigenvalue weighted by molar-refractivity contribution is 6.30. The summed E-state index contributed by atoms with van der Waals surface area (Å²) in [6.07, 6.45) is 0. The number of H-pyrrole nitrogens is 1. The highest BCUT2D eigenvalue weighted by Crippen LogP contribution is 2.28. The molecule has 0 spiro atoms. The third kappa shape index (κ3) is 3.97. The van der Waals surface area contributed by atoms with Gasteiger partial charge in [-0.2, -0.15) is 0 Å². The van der Waals surface area contributed by atoms with E-state index in [0.29, 0.717) is 29.0 Å². The van der Waals surface area contributed by atoms with Gasteiger partial charge in [0.15, 0.2) is 0 Å². The lowest BCUT2D eigenvalue weighted by Gasteiger charge is -2.07. The molecule has 0 radical (unpaired) electrons. The van der Waals surface area contributed by atoms with Crippen molar-refractivity contribution in [2.75, 3.05) is 18.2 Å². The van der Waals surface area contributed by atoms with E-state index in [0.717, 1.165) is 28.1 Å². The Kier molecular flexibility index (Phi) is 4.95. The normalized spacial score (nSPS) is 10.8. The van der Waals surface area contributed by atoms with Crippen molar-refractivity contribution in [2.24, 2.45) is 0 Å². The van der Waals surface area contributed by atoms with E-state index in [1.807, 2.05) is 42.5 Å². The second-order valence-corrected chi connectivity index (χ2v) is 6.69. The number of nitrogen functional groups attached to an aromatic ring is 1. The van der Waals surface area contributed by atoms with Crippen molar-refractivity contribution < 1.29 is 9.47 Å². The van der Waals surface area contributed by atoms with Crippen molar-refractivity contribution in [3.8, 4) is 17.2 Å². The van der Waals surface area contributed by atoms with Crippen molar-refractivity contribution in [1.82, 2.24) is 9.97 Å². The van der Waals surface area contributed by atoms with Gasteiger partial charge in [-0.25, -0.2) is 4.98 Å². The predicted molar refractivity (Wildman–Crippen MR) is 112 cm³/mol. The van der Waals surface area contributed by atoms with Crippen LogP contribution in [0, 0.1) is 0 Å². The minimum Gasteiger partial charge on any atom is -0.495 e. The number of nitrogens with one attached hydrogen (secondary N) is 2. The maximum absolute atomic E-state index is 5.93. The number of aromatic amines is 1. The van der Waals surface area contributed by atoms with Crippen molar-refractivity contribution in [3.63, 3.8) is 0 Å². The second-order valence-electron chi connectivity index (χ2n) is 6.25. The molecule has 0 unspecified atom stereocenters. The van der Waals surface area contributed by atoms with Crippen LogP contribution in [0.1, 0.15) is 5.56 Å². The maximum atomic E-state index is 5.93. The summed E-state index contributed by atoms with van der Waals surface area (Å²) in [7, 11) is 1.59. The number of ether oxygens (including phenoxy) is 2. The van der Waals surface area contributed by atoms with E-state index >= 15 is 0 Å². The molecule has 0 aliphatic rings. The number of hydrogen-bond donors (Lipinski definition) is 3. The molecule has 142 valence electrons. The van der Waals surface area contributed by atoms with Crippen LogP contribution in [-0.2, 0) is 6.54 Å². The van der Waals surface area contributed by atoms with Crippen molar-refractivity contribution in [1.29, 1.82) is 0 Å². The van der Waals surface area contributed by atoms with Crippen LogP contribution < -0.4 is 20.5 Å². The van der Waals surface area contributed by atoms with Crippen LogP contribution in [0.3, 0.4) is 0 Å². The lowest BCUT2D eigenvalue weighted by atomic mass is 10.2. The molecule has 0 bridgehead atoms. The molecular formula is C21H19ClN4O2. The number of nitrogens with two attached hydrogens (primary N) is 1. The molecule has 7 heteroatoms. The molecule has 28 heavy (non-hydrogen) atoms. The second kappa shape index (κ2) is 7.70. The van der Waals surface area contributed by atoms with Gasteiger partial charge in [0, 0.05) is 17.6 Å². The summed E-state index contributed by atoms with van der Waals surface area (Å²) < 4.78 is 11.0. The van der Waals surface area contributed by atoms with Gasteiger partial charge in [0.1, 0.15) is 17.2 Å². The first-order chi connectivity index (χ1) is 13.6. The number of rotatable bonds is 6. The average molecular weight is 395 g/mol. The van der Waals surface area contributed by atoms with Crippen LogP contribution in [0.5, 0.6) is 17.2 Å². The van der Waals surface area contributed by atoms with Crippen LogP contribution in [0.4, 0.5) is 11.6 Å². The van der Waals surface area contributed by atoms with Crippen LogP contribution in [0.25, 0.3) is 11.0 Å². The largest absolute Gasteiger partial charge is 0.495 e. The third-order valence-corrected chi connectivity index (χ3v) is 4.52. The standard InChI is InChI=1S/C21H19ClN4O2/c1-27-20-11-19-18(10-17(20)23)25-21(26-19)24-12-13-2-6-15(7-3-13)28-16-8-4-14(22)5-9-16/h2-11H,12,23H2,1H3,(H2,24,25,26). The lowest BCUT2D eigenvalue weighted by Crippen LogP contribution is -2.00. The summed E-state index contributed by atoms with van der Waals surface area (Å²) >= 11 is 5.89. The summed E-state index contributed by atoms with van der Waals surface area (Å²) in [4.78, 5) is 7.73. The van der Waals surface area contributed by atoms with Gasteiger partial charge in [-0.3, -0.25) is 0 Å². The molecular weight excluding hydrogens is 376 g/mol. The minimum atomic E-state index is 0.560. The Morgan fingerprint density at radius 2 is 1.71 bits per heavy atom. The van der Waals surface area contributed by atoms with Gasteiger partial charge in [0.25, 0.3) is 0 Å². The van der Waals surface area contributed by atoms with E-state index in [-0.39, 0.29) is 0 Å². The van der Waals surface area contributed by atoms with Gasteiger partial charge in [0.2, 0.25) is 5.95 Å². The monoisotopic (exact) mass is 394 g/mol. The fraction of sp³-hybridized carbons (Fsp3) is 0.0952. The van der Waals surface area contributed by atoms with Crippen molar-refractivity contribution >= 4 is 34.3 Å². The number of methoxy groups -OCH3 is 1. The Labute approximate surface area is 167 Å². The summed E-state index contributed by atoms with van der Waals surface area (Å²) in [5, 5.41) is 3.96. The minimum absolute atomic E-state index is 0.560. The molecule has 0 fully saturated rings. The number of nitrogens with zero attached hydrogens (tertiary/aromatic N) is 1.